The van der Waals surface area contributed by atoms with Gasteiger partial charge in [0.15, 0.2) is 17.5 Å². The summed E-state index contributed by atoms with van der Waals surface area (Å²) in [5.41, 5.74) is 12.1. The number of hydrogen-bond acceptors (Lipinski definition) is 4. The van der Waals surface area contributed by atoms with Crippen molar-refractivity contribution in [3.63, 3.8) is 0 Å². The van der Waals surface area contributed by atoms with Gasteiger partial charge < -0.3 is 8.98 Å². The molecular weight excluding hydrogens is 733 g/mol. The Hall–Kier alpha value is -8.15. The fourth-order valence-corrected chi connectivity index (χ4v) is 8.82. The average molecular weight is 767 g/mol. The van der Waals surface area contributed by atoms with Crippen LogP contribution in [-0.4, -0.2) is 19.5 Å². The van der Waals surface area contributed by atoms with Crippen LogP contribution in [-0.2, 0) is 0 Å². The van der Waals surface area contributed by atoms with Gasteiger partial charge >= 0.3 is 0 Å². The first kappa shape index (κ1) is 33.9. The molecule has 0 aliphatic rings. The topological polar surface area (TPSA) is 56.7 Å². The van der Waals surface area contributed by atoms with Gasteiger partial charge in [0.25, 0.3) is 0 Å². The van der Waals surface area contributed by atoms with E-state index in [0.717, 1.165) is 66.5 Å². The largest absolute Gasteiger partial charge is 0.455 e. The van der Waals surface area contributed by atoms with Gasteiger partial charge in [-0.1, -0.05) is 170 Å². The van der Waals surface area contributed by atoms with Crippen molar-refractivity contribution in [1.82, 2.24) is 19.5 Å². The Labute approximate surface area is 345 Å². The number of nitrogens with zero attached hydrogens (tertiary/aromatic N) is 4. The normalized spacial score (nSPS) is 11.7. The molecule has 0 aliphatic heterocycles. The minimum atomic E-state index is 0.544. The smallest absolute Gasteiger partial charge is 0.167 e. The molecule has 0 bridgehead atoms. The number of aromatic nitrogens is 4. The first-order valence-corrected chi connectivity index (χ1v) is 20.2. The molecule has 0 amide bonds. The van der Waals surface area contributed by atoms with Crippen LogP contribution in [0.25, 0.3) is 117 Å². The molecule has 12 rings (SSSR count). The summed E-state index contributed by atoms with van der Waals surface area (Å²) < 4.78 is 9.30. The third-order valence-electron chi connectivity index (χ3n) is 11.7. The number of benzene rings is 9. The van der Waals surface area contributed by atoms with E-state index in [2.05, 4.69) is 162 Å². The summed E-state index contributed by atoms with van der Waals surface area (Å²) >= 11 is 0. The molecule has 0 N–H and O–H groups in total. The zero-order valence-electron chi connectivity index (χ0n) is 32.3. The maximum absolute atomic E-state index is 6.89. The van der Waals surface area contributed by atoms with Gasteiger partial charge in [0, 0.05) is 27.3 Å². The number of rotatable bonds is 6. The molecule has 5 heteroatoms. The highest BCUT2D eigenvalue weighted by Gasteiger charge is 2.24. The van der Waals surface area contributed by atoms with Crippen LogP contribution >= 0.6 is 0 Å². The minimum Gasteiger partial charge on any atom is -0.455 e. The number of para-hydroxylation sites is 1. The highest BCUT2D eigenvalue weighted by Crippen LogP contribution is 2.44. The van der Waals surface area contributed by atoms with Crippen molar-refractivity contribution in [2.75, 3.05) is 0 Å². The van der Waals surface area contributed by atoms with E-state index in [-0.39, 0.29) is 0 Å². The fraction of sp³-hybridized carbons (Fsp3) is 0. The lowest BCUT2D eigenvalue weighted by molar-refractivity contribution is 0.669. The average Bonchev–Trinajstić information content (AvgIpc) is 3.88. The summed E-state index contributed by atoms with van der Waals surface area (Å²) in [5.74, 6) is 1.73. The Morgan fingerprint density at radius 2 is 0.883 bits per heavy atom. The highest BCUT2D eigenvalue weighted by atomic mass is 16.3. The van der Waals surface area contributed by atoms with E-state index in [1.54, 1.807) is 0 Å². The third kappa shape index (κ3) is 5.52. The first-order chi connectivity index (χ1) is 29.7. The molecule has 0 spiro atoms. The van der Waals surface area contributed by atoms with Gasteiger partial charge in [-0.3, -0.25) is 0 Å². The SMILES string of the molecule is c1ccc(-c2ccc(-c3nc(-c4ccccc4)nc(-c4ccc(-n5c6ccc(-c7ccccc7)cc6c6c7ccccc7ccc65)c5c4oc4ccccc45)n3)cc2)cc1. The predicted molar refractivity (Wildman–Crippen MR) is 246 cm³/mol. The molecule has 280 valence electrons. The van der Waals surface area contributed by atoms with E-state index in [9.17, 15) is 0 Å². The Morgan fingerprint density at radius 3 is 1.62 bits per heavy atom. The van der Waals surface area contributed by atoms with E-state index >= 15 is 0 Å². The van der Waals surface area contributed by atoms with Gasteiger partial charge in [-0.2, -0.15) is 0 Å². The molecule has 3 heterocycles. The van der Waals surface area contributed by atoms with Crippen LogP contribution < -0.4 is 0 Å². The minimum absolute atomic E-state index is 0.544. The van der Waals surface area contributed by atoms with Gasteiger partial charge in [-0.05, 0) is 69.4 Å². The van der Waals surface area contributed by atoms with E-state index in [1.807, 2.05) is 48.5 Å². The Kier molecular flexibility index (Phi) is 7.78. The van der Waals surface area contributed by atoms with E-state index in [1.165, 1.54) is 32.7 Å². The van der Waals surface area contributed by atoms with Gasteiger partial charge in [0.05, 0.1) is 27.7 Å². The first-order valence-electron chi connectivity index (χ1n) is 20.2. The van der Waals surface area contributed by atoms with Crippen molar-refractivity contribution < 1.29 is 4.42 Å². The van der Waals surface area contributed by atoms with Gasteiger partial charge in [-0.15, -0.1) is 0 Å². The quantitative estimate of drug-likeness (QED) is 0.169. The second-order valence-electron chi connectivity index (χ2n) is 15.2. The molecule has 12 aromatic rings. The highest BCUT2D eigenvalue weighted by molar-refractivity contribution is 6.23. The molecule has 0 saturated heterocycles. The molecule has 0 unspecified atom stereocenters. The fourth-order valence-electron chi connectivity index (χ4n) is 8.82. The molecule has 0 radical (unpaired) electrons. The molecule has 3 aromatic heterocycles. The van der Waals surface area contributed by atoms with Crippen molar-refractivity contribution in [1.29, 1.82) is 0 Å². The summed E-state index contributed by atoms with van der Waals surface area (Å²) in [6, 6.07) is 72.1. The standard InChI is InChI=1S/C55H34N4O/c1-4-14-35(15-5-1)37-24-26-40(27-25-37)54-56-53(39-19-8-3-9-20-39)57-55(58-54)44-30-33-48(51-43-22-12-13-23-49(43)60-52(44)51)59-46-31-29-41(36-16-6-2-7-17-36)34-45(46)50-42-21-11-10-18-38(42)28-32-47(50)59/h1-34H. The van der Waals surface area contributed by atoms with E-state index in [0.29, 0.717) is 17.5 Å². The summed E-state index contributed by atoms with van der Waals surface area (Å²) in [5, 5.41) is 6.86. The van der Waals surface area contributed by atoms with Crippen molar-refractivity contribution in [3.8, 4) is 62.1 Å². The lowest BCUT2D eigenvalue weighted by atomic mass is 10.0. The van der Waals surface area contributed by atoms with Crippen LogP contribution in [0.1, 0.15) is 0 Å². The van der Waals surface area contributed by atoms with Gasteiger partial charge in [0.2, 0.25) is 0 Å². The molecular formula is C55H34N4O. The third-order valence-corrected chi connectivity index (χ3v) is 11.7. The monoisotopic (exact) mass is 766 g/mol. The summed E-state index contributed by atoms with van der Waals surface area (Å²) in [4.78, 5) is 15.4. The Balaban J connectivity index is 1.11. The second kappa shape index (κ2) is 13.8. The molecule has 0 saturated carbocycles. The van der Waals surface area contributed by atoms with Gasteiger partial charge in [0.1, 0.15) is 11.2 Å². The predicted octanol–water partition coefficient (Wildman–Crippen LogP) is 14.4. The van der Waals surface area contributed by atoms with Crippen molar-refractivity contribution in [2.24, 2.45) is 0 Å². The number of fused-ring (bicyclic) bond motifs is 8. The van der Waals surface area contributed by atoms with Crippen LogP contribution in [0, 0.1) is 0 Å². The lowest BCUT2D eigenvalue weighted by Gasteiger charge is -2.13. The zero-order chi connectivity index (χ0) is 39.6. The molecule has 0 atom stereocenters. The van der Waals surface area contributed by atoms with Crippen molar-refractivity contribution in [2.45, 2.75) is 0 Å². The molecule has 5 nitrogen and oxygen atoms in total. The number of hydrogen-bond donors (Lipinski definition) is 0. The molecule has 60 heavy (non-hydrogen) atoms. The second-order valence-corrected chi connectivity index (χ2v) is 15.2. The lowest BCUT2D eigenvalue weighted by Crippen LogP contribution is -2.01. The molecule has 0 aliphatic carbocycles. The van der Waals surface area contributed by atoms with Crippen LogP contribution in [0.4, 0.5) is 0 Å². The Morgan fingerprint density at radius 1 is 0.350 bits per heavy atom. The van der Waals surface area contributed by atoms with Crippen LogP contribution in [0.5, 0.6) is 0 Å². The Bertz CT molecular complexity index is 3570. The van der Waals surface area contributed by atoms with Crippen LogP contribution in [0.2, 0.25) is 0 Å². The van der Waals surface area contributed by atoms with Crippen LogP contribution in [0.3, 0.4) is 0 Å². The summed E-state index contributed by atoms with van der Waals surface area (Å²) in [6.07, 6.45) is 0. The van der Waals surface area contributed by atoms with Gasteiger partial charge in [-0.25, -0.2) is 15.0 Å². The molecule has 0 fully saturated rings. The molecule has 9 aromatic carbocycles. The summed E-state index contributed by atoms with van der Waals surface area (Å²) in [6.45, 7) is 0. The maximum Gasteiger partial charge on any atom is 0.167 e. The van der Waals surface area contributed by atoms with E-state index in [4.69, 9.17) is 19.4 Å². The van der Waals surface area contributed by atoms with Crippen molar-refractivity contribution in [3.05, 3.63) is 206 Å². The van der Waals surface area contributed by atoms with E-state index < -0.39 is 0 Å². The van der Waals surface area contributed by atoms with Crippen molar-refractivity contribution >= 4 is 54.5 Å². The zero-order valence-corrected chi connectivity index (χ0v) is 32.3. The maximum atomic E-state index is 6.89. The number of furan rings is 1. The van der Waals surface area contributed by atoms with Crippen LogP contribution in [0.15, 0.2) is 211 Å². The summed E-state index contributed by atoms with van der Waals surface area (Å²) in [7, 11) is 0.